The minimum Gasteiger partial charge on any atom is -0.496 e. The molecule has 0 bridgehead atoms. The molecule has 1 N–H and O–H groups in total. The Kier molecular flexibility index (Phi) is 8.38. The third-order valence-electron chi connectivity index (χ3n) is 6.38. The van der Waals surface area contributed by atoms with Gasteiger partial charge in [-0.1, -0.05) is 55.3 Å². The first-order valence-corrected chi connectivity index (χ1v) is 11.7. The maximum Gasteiger partial charge on any atom is 0.303 e. The summed E-state index contributed by atoms with van der Waals surface area (Å²) in [6.07, 6.45) is 3.35. The van der Waals surface area contributed by atoms with Crippen LogP contribution in [0.4, 0.5) is 0 Å². The van der Waals surface area contributed by atoms with E-state index in [1.165, 1.54) is 5.56 Å². The van der Waals surface area contributed by atoms with Gasteiger partial charge in [0, 0.05) is 28.8 Å². The van der Waals surface area contributed by atoms with E-state index >= 15 is 0 Å². The Hall–Kier alpha value is -2.30. The summed E-state index contributed by atoms with van der Waals surface area (Å²) in [5.41, 5.74) is 4.25. The van der Waals surface area contributed by atoms with Crippen LogP contribution in [-0.2, 0) is 16.0 Å². The van der Waals surface area contributed by atoms with Crippen LogP contribution in [0.3, 0.4) is 0 Å². The highest BCUT2D eigenvalue weighted by atomic mass is 35.5. The van der Waals surface area contributed by atoms with Crippen molar-refractivity contribution in [2.24, 2.45) is 5.92 Å². The van der Waals surface area contributed by atoms with E-state index in [-0.39, 0.29) is 30.5 Å². The van der Waals surface area contributed by atoms with Gasteiger partial charge in [0.05, 0.1) is 19.3 Å². The van der Waals surface area contributed by atoms with Crippen LogP contribution >= 0.6 is 11.6 Å². The second kappa shape index (κ2) is 11.0. The van der Waals surface area contributed by atoms with Gasteiger partial charge in [0.15, 0.2) is 0 Å². The quantitative estimate of drug-likeness (QED) is 0.414. The van der Waals surface area contributed by atoms with Gasteiger partial charge in [-0.15, -0.1) is 0 Å². The zero-order chi connectivity index (χ0) is 23.3. The van der Waals surface area contributed by atoms with Crippen molar-refractivity contribution >= 4 is 17.6 Å². The summed E-state index contributed by atoms with van der Waals surface area (Å²) >= 11 is 6.13. The van der Waals surface area contributed by atoms with Gasteiger partial charge in [-0.25, -0.2) is 0 Å². The first-order chi connectivity index (χ1) is 15.3. The van der Waals surface area contributed by atoms with E-state index in [9.17, 15) is 4.79 Å². The molecule has 0 radical (unpaired) electrons. The molecular weight excluding hydrogens is 424 g/mol. The van der Waals surface area contributed by atoms with Crippen LogP contribution in [0.1, 0.15) is 68.2 Å². The van der Waals surface area contributed by atoms with E-state index in [1.54, 1.807) is 7.11 Å². The van der Waals surface area contributed by atoms with Crippen LogP contribution in [-0.4, -0.2) is 24.3 Å². The van der Waals surface area contributed by atoms with Crippen molar-refractivity contribution in [2.45, 2.75) is 64.1 Å². The molecule has 2 aromatic carbocycles. The molecule has 1 saturated heterocycles. The number of ether oxygens (including phenoxy) is 2. The lowest BCUT2D eigenvalue weighted by molar-refractivity contribution is -0.136. The van der Waals surface area contributed by atoms with Crippen LogP contribution < -0.4 is 4.74 Å². The third kappa shape index (κ3) is 5.73. The molecule has 0 unspecified atom stereocenters. The number of carboxylic acids is 1. The minimum absolute atomic E-state index is 0.0640. The molecule has 0 aromatic heterocycles. The molecule has 0 amide bonds. The second-order valence-corrected chi connectivity index (χ2v) is 9.14. The predicted octanol–water partition coefficient (Wildman–Crippen LogP) is 6.97. The third-order valence-corrected chi connectivity index (χ3v) is 6.63. The van der Waals surface area contributed by atoms with E-state index in [2.05, 4.69) is 32.6 Å². The highest BCUT2D eigenvalue weighted by Crippen LogP contribution is 2.49. The molecule has 0 saturated carbocycles. The summed E-state index contributed by atoms with van der Waals surface area (Å²) in [4.78, 5) is 11.1. The largest absolute Gasteiger partial charge is 0.496 e. The number of carboxylic acid groups (broad SMARTS) is 1. The Morgan fingerprint density at radius 1 is 1.25 bits per heavy atom. The molecule has 5 heteroatoms. The van der Waals surface area contributed by atoms with Crippen LogP contribution in [0, 0.1) is 5.92 Å². The monoisotopic (exact) mass is 456 g/mol. The topological polar surface area (TPSA) is 55.8 Å². The van der Waals surface area contributed by atoms with E-state index in [1.807, 2.05) is 30.3 Å². The summed E-state index contributed by atoms with van der Waals surface area (Å²) in [6.45, 7) is 8.52. The number of carbonyl (C=O) groups is 1. The van der Waals surface area contributed by atoms with Gasteiger partial charge in [-0.05, 0) is 61.6 Å². The van der Waals surface area contributed by atoms with Crippen LogP contribution in [0.5, 0.6) is 5.75 Å². The number of aliphatic carboxylic acids is 1. The highest BCUT2D eigenvalue weighted by molar-refractivity contribution is 6.30. The predicted molar refractivity (Wildman–Crippen MR) is 129 cm³/mol. The van der Waals surface area contributed by atoms with Gasteiger partial charge in [0.1, 0.15) is 5.75 Å². The summed E-state index contributed by atoms with van der Waals surface area (Å²) in [5.74, 6) is 0.337. The number of hydrogen-bond acceptors (Lipinski definition) is 3. The van der Waals surface area contributed by atoms with Gasteiger partial charge in [0.25, 0.3) is 0 Å². The van der Waals surface area contributed by atoms with Gasteiger partial charge < -0.3 is 14.6 Å². The van der Waals surface area contributed by atoms with Crippen molar-refractivity contribution < 1.29 is 19.4 Å². The lowest BCUT2D eigenvalue weighted by Gasteiger charge is -2.43. The van der Waals surface area contributed by atoms with Crippen LogP contribution in [0.25, 0.3) is 0 Å². The lowest BCUT2D eigenvalue weighted by Crippen LogP contribution is -2.36. The van der Waals surface area contributed by atoms with Crippen LogP contribution in [0.15, 0.2) is 54.6 Å². The molecule has 32 heavy (non-hydrogen) atoms. The van der Waals surface area contributed by atoms with Gasteiger partial charge >= 0.3 is 5.97 Å². The standard InChI is InChI=1S/C27H33ClO4/c1-5-6-25-22(19-9-11-20(28)12-10-19)16-21(17(2)3)27(32-25)23-15-18(8-14-26(29)30)7-13-24(23)31-4/h7,9-13,15,21-22,25,27H,2,5-6,8,14,16H2,1,3-4H3,(H,29,30)/t21-,22-,25+,27+/m1/s1. The molecule has 4 nitrogen and oxygen atoms in total. The lowest BCUT2D eigenvalue weighted by atomic mass is 9.74. The smallest absolute Gasteiger partial charge is 0.303 e. The molecule has 1 fully saturated rings. The molecule has 2 aromatic rings. The molecule has 172 valence electrons. The number of methoxy groups -OCH3 is 1. The van der Waals surface area contributed by atoms with Gasteiger partial charge in [-0.2, -0.15) is 0 Å². The maximum absolute atomic E-state index is 11.1. The Bertz CT molecular complexity index is 937. The second-order valence-electron chi connectivity index (χ2n) is 8.70. The summed E-state index contributed by atoms with van der Waals surface area (Å²) in [6, 6.07) is 14.0. The van der Waals surface area contributed by atoms with Crippen molar-refractivity contribution in [1.29, 1.82) is 0 Å². The molecule has 1 heterocycles. The van der Waals surface area contributed by atoms with Crippen molar-refractivity contribution in [3.8, 4) is 5.75 Å². The molecule has 4 atom stereocenters. The first kappa shape index (κ1) is 24.3. The number of benzene rings is 2. The molecular formula is C27H33ClO4. The molecule has 0 aliphatic carbocycles. The van der Waals surface area contributed by atoms with Crippen molar-refractivity contribution in [3.05, 3.63) is 76.3 Å². The normalized spacial score (nSPS) is 23.0. The molecule has 3 rings (SSSR count). The number of aryl methyl sites for hydroxylation is 1. The van der Waals surface area contributed by atoms with Crippen molar-refractivity contribution in [2.75, 3.05) is 7.11 Å². The average Bonchev–Trinajstić information content (AvgIpc) is 2.78. The van der Waals surface area contributed by atoms with Crippen molar-refractivity contribution in [1.82, 2.24) is 0 Å². The summed E-state index contributed by atoms with van der Waals surface area (Å²) in [7, 11) is 1.66. The summed E-state index contributed by atoms with van der Waals surface area (Å²) < 4.78 is 12.5. The zero-order valence-corrected chi connectivity index (χ0v) is 19.9. The minimum atomic E-state index is -0.801. The number of rotatable bonds is 9. The molecule has 0 spiro atoms. The number of halogens is 1. The maximum atomic E-state index is 11.1. The summed E-state index contributed by atoms with van der Waals surface area (Å²) in [5, 5.41) is 9.82. The van der Waals surface area contributed by atoms with E-state index in [4.69, 9.17) is 26.2 Å². The fraction of sp³-hybridized carbons (Fsp3) is 0.444. The van der Waals surface area contributed by atoms with Gasteiger partial charge in [0.2, 0.25) is 0 Å². The molecule has 1 aliphatic heterocycles. The average molecular weight is 457 g/mol. The van der Waals surface area contributed by atoms with Crippen LogP contribution in [0.2, 0.25) is 5.02 Å². The van der Waals surface area contributed by atoms with Crippen molar-refractivity contribution in [3.63, 3.8) is 0 Å². The fourth-order valence-corrected chi connectivity index (χ4v) is 4.83. The van der Waals surface area contributed by atoms with Gasteiger partial charge in [-0.3, -0.25) is 4.79 Å². The Labute approximate surface area is 196 Å². The highest BCUT2D eigenvalue weighted by Gasteiger charge is 2.40. The van der Waals surface area contributed by atoms with E-state index in [0.717, 1.165) is 46.7 Å². The Morgan fingerprint density at radius 3 is 2.56 bits per heavy atom. The van der Waals surface area contributed by atoms with E-state index in [0.29, 0.717) is 6.42 Å². The zero-order valence-electron chi connectivity index (χ0n) is 19.1. The SMILES string of the molecule is C=C(C)[C@H]1C[C@H](c2ccc(Cl)cc2)[C@H](CCC)O[C@@H]1c1cc(CCC(=O)O)ccc1OC. The molecule has 1 aliphatic rings. The Morgan fingerprint density at radius 2 is 1.97 bits per heavy atom. The fourth-order valence-electron chi connectivity index (χ4n) is 4.70. The van der Waals surface area contributed by atoms with E-state index < -0.39 is 5.97 Å². The number of hydrogen-bond donors (Lipinski definition) is 1. The first-order valence-electron chi connectivity index (χ1n) is 11.3. The Balaban J connectivity index is 1.98.